The van der Waals surface area contributed by atoms with E-state index in [9.17, 15) is 0 Å². The molecule has 0 radical (unpaired) electrons. The summed E-state index contributed by atoms with van der Waals surface area (Å²) in [6.45, 7) is 2.06. The van der Waals surface area contributed by atoms with Crippen molar-refractivity contribution in [3.8, 4) is 0 Å². The fourth-order valence-corrected chi connectivity index (χ4v) is 2.48. The van der Waals surface area contributed by atoms with E-state index in [1.54, 1.807) is 23.0 Å². The van der Waals surface area contributed by atoms with Crippen molar-refractivity contribution in [2.45, 2.75) is 13.0 Å². The van der Waals surface area contributed by atoms with E-state index in [2.05, 4.69) is 18.0 Å². The highest BCUT2D eigenvalue weighted by molar-refractivity contribution is 7.09. The highest BCUT2D eigenvalue weighted by atomic mass is 32.1. The van der Waals surface area contributed by atoms with Crippen molar-refractivity contribution >= 4 is 22.3 Å². The van der Waals surface area contributed by atoms with Crippen molar-refractivity contribution in [1.29, 1.82) is 0 Å². The fourth-order valence-electron chi connectivity index (χ4n) is 1.86. The van der Waals surface area contributed by atoms with Gasteiger partial charge < -0.3 is 10.2 Å². The molecular formula is C13H12N2OS. The molecule has 0 aliphatic heterocycles. The summed E-state index contributed by atoms with van der Waals surface area (Å²) >= 11 is 1.54. The lowest BCUT2D eigenvalue weighted by atomic mass is 10.1. The summed E-state index contributed by atoms with van der Waals surface area (Å²) < 4.78 is 5.76. The Morgan fingerprint density at radius 1 is 1.35 bits per heavy atom. The van der Waals surface area contributed by atoms with Gasteiger partial charge in [0, 0.05) is 16.5 Å². The molecule has 0 amide bonds. The third kappa shape index (κ3) is 1.85. The van der Waals surface area contributed by atoms with Gasteiger partial charge in [-0.3, -0.25) is 4.98 Å². The predicted octanol–water partition coefficient (Wildman–Crippen LogP) is 3.25. The molecule has 2 aromatic heterocycles. The zero-order valence-corrected chi connectivity index (χ0v) is 10.2. The third-order valence-electron chi connectivity index (χ3n) is 2.76. The van der Waals surface area contributed by atoms with Gasteiger partial charge in [0.05, 0.1) is 11.6 Å². The van der Waals surface area contributed by atoms with Crippen LogP contribution in [-0.4, -0.2) is 4.98 Å². The van der Waals surface area contributed by atoms with E-state index in [0.717, 1.165) is 21.6 Å². The molecule has 3 aromatic rings. The van der Waals surface area contributed by atoms with Gasteiger partial charge in [-0.1, -0.05) is 11.6 Å². The minimum absolute atomic E-state index is 0.227. The number of benzene rings is 1. The quantitative estimate of drug-likeness (QED) is 0.752. The summed E-state index contributed by atoms with van der Waals surface area (Å²) in [7, 11) is 0. The molecule has 0 saturated heterocycles. The second-order valence-corrected chi connectivity index (χ2v) is 4.99. The molecule has 17 heavy (non-hydrogen) atoms. The number of fused-ring (bicyclic) bond motifs is 1. The Hall–Kier alpha value is -1.65. The maximum absolute atomic E-state index is 6.14. The molecule has 4 heteroatoms. The minimum atomic E-state index is -0.227. The Kier molecular flexibility index (Phi) is 2.46. The number of aryl methyl sites for hydroxylation is 1. The molecule has 2 N–H and O–H groups in total. The van der Waals surface area contributed by atoms with Crippen LogP contribution in [-0.2, 0) is 0 Å². The smallest absolute Gasteiger partial charge is 0.134 e. The molecule has 0 spiro atoms. The van der Waals surface area contributed by atoms with Crippen molar-refractivity contribution in [2.75, 3.05) is 0 Å². The lowest BCUT2D eigenvalue weighted by Crippen LogP contribution is -2.08. The fraction of sp³-hybridized carbons (Fsp3) is 0.154. The first-order valence-electron chi connectivity index (χ1n) is 5.38. The average molecular weight is 244 g/mol. The largest absolute Gasteiger partial charge is 0.459 e. The van der Waals surface area contributed by atoms with E-state index < -0.39 is 0 Å². The summed E-state index contributed by atoms with van der Waals surface area (Å²) in [5.74, 6) is 0.787. The summed E-state index contributed by atoms with van der Waals surface area (Å²) in [6.07, 6.45) is 1.79. The summed E-state index contributed by atoms with van der Waals surface area (Å²) in [5, 5.41) is 1.10. The molecule has 3 rings (SSSR count). The highest BCUT2D eigenvalue weighted by Gasteiger charge is 2.15. The van der Waals surface area contributed by atoms with Crippen molar-refractivity contribution in [1.82, 2.24) is 4.98 Å². The summed E-state index contributed by atoms with van der Waals surface area (Å²) in [6, 6.07) is 7.89. The van der Waals surface area contributed by atoms with Crippen LogP contribution >= 0.6 is 11.3 Å². The number of furan rings is 1. The van der Waals surface area contributed by atoms with Gasteiger partial charge in [0.1, 0.15) is 11.3 Å². The third-order valence-corrected chi connectivity index (χ3v) is 3.61. The molecular weight excluding hydrogens is 232 g/mol. The number of hydrogen-bond donors (Lipinski definition) is 1. The van der Waals surface area contributed by atoms with Crippen molar-refractivity contribution < 1.29 is 4.42 Å². The van der Waals surface area contributed by atoms with E-state index in [0.29, 0.717) is 0 Å². The van der Waals surface area contributed by atoms with E-state index in [-0.39, 0.29) is 6.04 Å². The molecule has 86 valence electrons. The van der Waals surface area contributed by atoms with Crippen LogP contribution in [0.15, 0.2) is 40.4 Å². The van der Waals surface area contributed by atoms with Crippen molar-refractivity contribution in [2.24, 2.45) is 5.73 Å². The number of aromatic nitrogens is 1. The maximum atomic E-state index is 6.14. The molecule has 0 aliphatic rings. The molecule has 1 atom stereocenters. The Morgan fingerprint density at radius 3 is 3.00 bits per heavy atom. The first kappa shape index (κ1) is 10.5. The first-order chi connectivity index (χ1) is 8.24. The molecule has 0 aliphatic carbocycles. The lowest BCUT2D eigenvalue weighted by molar-refractivity contribution is 0.527. The van der Waals surface area contributed by atoms with Gasteiger partial charge in [0.25, 0.3) is 0 Å². The van der Waals surface area contributed by atoms with Gasteiger partial charge >= 0.3 is 0 Å². The second kappa shape index (κ2) is 3.98. The molecule has 1 unspecified atom stereocenters. The molecule has 0 bridgehead atoms. The standard InChI is InChI=1S/C13H12N2OS/c1-8-2-3-10-9(4-8)5-11(16-10)13(14)12-6-15-7-17-12/h2-7,13H,14H2,1H3. The zero-order chi connectivity index (χ0) is 11.8. The Bertz CT molecular complexity index is 643. The Labute approximate surface area is 103 Å². The van der Waals surface area contributed by atoms with Crippen LogP contribution in [0.4, 0.5) is 0 Å². The van der Waals surface area contributed by atoms with Crippen molar-refractivity contribution in [3.63, 3.8) is 0 Å². The van der Waals surface area contributed by atoms with Crippen LogP contribution in [0.25, 0.3) is 11.0 Å². The summed E-state index contributed by atoms with van der Waals surface area (Å²) in [4.78, 5) is 5.05. The SMILES string of the molecule is Cc1ccc2oc(C(N)c3cncs3)cc2c1. The number of thiazole rings is 1. The van der Waals surface area contributed by atoms with Crippen molar-refractivity contribution in [3.05, 3.63) is 52.2 Å². The van der Waals surface area contributed by atoms with E-state index in [1.807, 2.05) is 18.2 Å². The van der Waals surface area contributed by atoms with Gasteiger partial charge in [0.2, 0.25) is 0 Å². The number of nitrogens with two attached hydrogens (primary N) is 1. The summed E-state index contributed by atoms with van der Waals surface area (Å²) in [5.41, 5.74) is 10.0. The van der Waals surface area contributed by atoms with E-state index in [4.69, 9.17) is 10.2 Å². The normalized spacial score (nSPS) is 13.1. The second-order valence-electron chi connectivity index (χ2n) is 4.07. The lowest BCUT2D eigenvalue weighted by Gasteiger charge is -2.03. The van der Waals surface area contributed by atoms with Crippen LogP contribution in [0.3, 0.4) is 0 Å². The average Bonchev–Trinajstić information content (AvgIpc) is 2.96. The van der Waals surface area contributed by atoms with Crippen LogP contribution in [0.5, 0.6) is 0 Å². The monoisotopic (exact) mass is 244 g/mol. The Morgan fingerprint density at radius 2 is 2.24 bits per heavy atom. The molecule has 3 nitrogen and oxygen atoms in total. The van der Waals surface area contributed by atoms with Crippen LogP contribution < -0.4 is 5.73 Å². The first-order valence-corrected chi connectivity index (χ1v) is 6.26. The predicted molar refractivity (Wildman–Crippen MR) is 69.1 cm³/mol. The van der Waals surface area contributed by atoms with Crippen LogP contribution in [0, 0.1) is 6.92 Å². The topological polar surface area (TPSA) is 52.0 Å². The molecule has 0 saturated carbocycles. The number of nitrogens with zero attached hydrogens (tertiary/aromatic N) is 1. The van der Waals surface area contributed by atoms with Gasteiger partial charge in [-0.15, -0.1) is 11.3 Å². The maximum Gasteiger partial charge on any atom is 0.134 e. The van der Waals surface area contributed by atoms with Gasteiger partial charge in [-0.25, -0.2) is 0 Å². The molecule has 2 heterocycles. The van der Waals surface area contributed by atoms with E-state index >= 15 is 0 Å². The zero-order valence-electron chi connectivity index (χ0n) is 9.38. The highest BCUT2D eigenvalue weighted by Crippen LogP contribution is 2.28. The van der Waals surface area contributed by atoms with Gasteiger partial charge in [-0.05, 0) is 25.1 Å². The molecule has 0 fully saturated rings. The van der Waals surface area contributed by atoms with Crippen LogP contribution in [0.1, 0.15) is 22.2 Å². The van der Waals surface area contributed by atoms with Crippen LogP contribution in [0.2, 0.25) is 0 Å². The van der Waals surface area contributed by atoms with Gasteiger partial charge in [0.15, 0.2) is 0 Å². The minimum Gasteiger partial charge on any atom is -0.459 e. The molecule has 1 aromatic carbocycles. The number of rotatable bonds is 2. The van der Waals surface area contributed by atoms with Gasteiger partial charge in [-0.2, -0.15) is 0 Å². The Balaban J connectivity index is 2.06. The number of hydrogen-bond acceptors (Lipinski definition) is 4. The van der Waals surface area contributed by atoms with E-state index in [1.165, 1.54) is 5.56 Å².